The Kier molecular flexibility index (Phi) is 7.79. The summed E-state index contributed by atoms with van der Waals surface area (Å²) in [5.41, 5.74) is 3.05. The number of imide groups is 1. The molecule has 4 saturated heterocycles. The van der Waals surface area contributed by atoms with Gasteiger partial charge >= 0.3 is 5.69 Å². The highest BCUT2D eigenvalue weighted by molar-refractivity contribution is 6.00. The molecule has 0 spiro atoms. The number of fused-ring (bicyclic) bond motifs is 1. The smallest absolute Gasteiger partial charge is 0.329 e. The summed E-state index contributed by atoms with van der Waals surface area (Å²) in [5, 5.41) is 5.91. The maximum Gasteiger partial charge on any atom is 0.329 e. The van der Waals surface area contributed by atoms with Gasteiger partial charge in [0.25, 0.3) is 0 Å². The average molecular weight is 551 g/mol. The predicted octanol–water partition coefficient (Wildman–Crippen LogP) is 3.03. The second-order valence-electron chi connectivity index (χ2n) is 13.3. The van der Waals surface area contributed by atoms with E-state index in [2.05, 4.69) is 39.5 Å². The Labute approximate surface area is 237 Å². The molecule has 5 heterocycles. The molecule has 218 valence electrons. The van der Waals surface area contributed by atoms with Crippen LogP contribution in [0.4, 0.5) is 5.69 Å². The standard InChI is InChI=1S/C31H46N6O3/c1-31(11-13-32-14-12-31)20-22-7-15-35(16-8-22)21-23-9-17-36(18-10-23)24-3-4-25-27(19-24)34(2)30(40)37(25)26-5-6-28(38)33-29(26)39/h3-4,19,22-23,26,32H,5-18,20-21H2,1-2H3,(H,33,38,39). The normalized spacial score (nSPS) is 25.4. The minimum absolute atomic E-state index is 0.214. The average Bonchev–Trinajstić information content (AvgIpc) is 3.19. The largest absolute Gasteiger partial charge is 0.371 e. The Morgan fingerprint density at radius 1 is 0.900 bits per heavy atom. The van der Waals surface area contributed by atoms with Crippen LogP contribution in [0.1, 0.15) is 70.8 Å². The Bertz CT molecular complexity index is 1290. The molecule has 40 heavy (non-hydrogen) atoms. The number of hydrogen-bond donors (Lipinski definition) is 2. The number of carbonyl (C=O) groups excluding carboxylic acids is 2. The van der Waals surface area contributed by atoms with Crippen LogP contribution in [0.25, 0.3) is 11.0 Å². The monoisotopic (exact) mass is 550 g/mol. The highest BCUT2D eigenvalue weighted by Gasteiger charge is 2.33. The van der Waals surface area contributed by atoms with Crippen molar-refractivity contribution in [2.75, 3.05) is 50.7 Å². The Hall–Kier alpha value is -2.65. The number of imidazole rings is 1. The van der Waals surface area contributed by atoms with Crippen LogP contribution in [-0.2, 0) is 16.6 Å². The molecule has 2 amide bonds. The molecule has 1 atom stereocenters. The molecule has 2 aromatic rings. The van der Waals surface area contributed by atoms with E-state index in [1.165, 1.54) is 77.7 Å². The van der Waals surface area contributed by atoms with E-state index in [1.807, 2.05) is 6.07 Å². The number of anilines is 1. The molecule has 9 heteroatoms. The Balaban J connectivity index is 1.03. The highest BCUT2D eigenvalue weighted by atomic mass is 16.2. The van der Waals surface area contributed by atoms with Crippen molar-refractivity contribution in [1.29, 1.82) is 0 Å². The van der Waals surface area contributed by atoms with E-state index in [0.717, 1.165) is 41.6 Å². The van der Waals surface area contributed by atoms with E-state index in [0.29, 0.717) is 11.8 Å². The van der Waals surface area contributed by atoms with E-state index < -0.39 is 11.9 Å². The first-order chi connectivity index (χ1) is 19.3. The van der Waals surface area contributed by atoms with Crippen LogP contribution in [-0.4, -0.2) is 71.7 Å². The third-order valence-electron chi connectivity index (χ3n) is 10.4. The Morgan fingerprint density at radius 3 is 2.30 bits per heavy atom. The molecule has 6 rings (SSSR count). The van der Waals surface area contributed by atoms with Crippen molar-refractivity contribution >= 4 is 28.5 Å². The van der Waals surface area contributed by atoms with Crippen LogP contribution < -0.4 is 21.2 Å². The third-order valence-corrected chi connectivity index (χ3v) is 10.4. The van der Waals surface area contributed by atoms with Gasteiger partial charge in [-0.3, -0.25) is 24.0 Å². The summed E-state index contributed by atoms with van der Waals surface area (Å²) in [6, 6.07) is 5.50. The highest BCUT2D eigenvalue weighted by Crippen LogP contribution is 2.38. The number of aromatic nitrogens is 2. The first-order valence-electron chi connectivity index (χ1n) is 15.5. The van der Waals surface area contributed by atoms with Crippen LogP contribution in [0.5, 0.6) is 0 Å². The topological polar surface area (TPSA) is 91.6 Å². The minimum Gasteiger partial charge on any atom is -0.371 e. The van der Waals surface area contributed by atoms with Crippen molar-refractivity contribution < 1.29 is 9.59 Å². The molecule has 1 aromatic heterocycles. The van der Waals surface area contributed by atoms with Gasteiger partial charge in [0.2, 0.25) is 11.8 Å². The zero-order chi connectivity index (χ0) is 27.9. The van der Waals surface area contributed by atoms with Gasteiger partial charge in [-0.2, -0.15) is 0 Å². The molecular weight excluding hydrogens is 504 g/mol. The number of benzene rings is 1. The Morgan fingerprint density at radius 2 is 1.60 bits per heavy atom. The van der Waals surface area contributed by atoms with Gasteiger partial charge in [-0.1, -0.05) is 6.92 Å². The predicted molar refractivity (Wildman–Crippen MR) is 158 cm³/mol. The van der Waals surface area contributed by atoms with E-state index in [1.54, 1.807) is 16.2 Å². The zero-order valence-electron chi connectivity index (χ0n) is 24.3. The lowest BCUT2D eigenvalue weighted by Gasteiger charge is -2.41. The van der Waals surface area contributed by atoms with E-state index in [4.69, 9.17) is 0 Å². The fraction of sp³-hybridized carbons (Fsp3) is 0.710. The lowest BCUT2D eigenvalue weighted by Crippen LogP contribution is -2.44. The summed E-state index contributed by atoms with van der Waals surface area (Å²) >= 11 is 0. The summed E-state index contributed by atoms with van der Waals surface area (Å²) in [6.07, 6.45) is 9.79. The molecule has 2 N–H and O–H groups in total. The van der Waals surface area contributed by atoms with Gasteiger partial charge in [-0.25, -0.2) is 4.79 Å². The molecule has 9 nitrogen and oxygen atoms in total. The number of hydrogen-bond acceptors (Lipinski definition) is 6. The number of likely N-dealkylation sites (tertiary alicyclic amines) is 1. The van der Waals surface area contributed by atoms with Crippen molar-refractivity contribution in [2.45, 2.75) is 70.8 Å². The third kappa shape index (κ3) is 5.59. The fourth-order valence-electron chi connectivity index (χ4n) is 7.82. The van der Waals surface area contributed by atoms with Gasteiger partial charge in [-0.15, -0.1) is 0 Å². The lowest BCUT2D eigenvalue weighted by atomic mass is 9.72. The molecule has 0 radical (unpaired) electrons. The first kappa shape index (κ1) is 27.5. The van der Waals surface area contributed by atoms with Crippen LogP contribution in [0.3, 0.4) is 0 Å². The van der Waals surface area contributed by atoms with E-state index in [-0.39, 0.29) is 18.0 Å². The molecule has 1 unspecified atom stereocenters. The maximum atomic E-state index is 13.1. The summed E-state index contributed by atoms with van der Waals surface area (Å²) in [4.78, 5) is 42.4. The summed E-state index contributed by atoms with van der Waals surface area (Å²) in [7, 11) is 1.76. The quantitative estimate of drug-likeness (QED) is 0.538. The van der Waals surface area contributed by atoms with Gasteiger partial charge in [0, 0.05) is 38.8 Å². The fourth-order valence-corrected chi connectivity index (χ4v) is 7.82. The number of nitrogens with zero attached hydrogens (tertiary/aromatic N) is 4. The summed E-state index contributed by atoms with van der Waals surface area (Å²) in [6.45, 7) is 10.7. The number of carbonyl (C=O) groups is 2. The molecule has 4 aliphatic rings. The first-order valence-corrected chi connectivity index (χ1v) is 15.5. The van der Waals surface area contributed by atoms with Crippen molar-refractivity contribution in [3.05, 3.63) is 28.7 Å². The van der Waals surface area contributed by atoms with Crippen LogP contribution >= 0.6 is 0 Å². The van der Waals surface area contributed by atoms with E-state index >= 15 is 0 Å². The zero-order valence-corrected chi connectivity index (χ0v) is 24.3. The van der Waals surface area contributed by atoms with Crippen LogP contribution in [0, 0.1) is 17.3 Å². The number of rotatable bonds is 6. The van der Waals surface area contributed by atoms with E-state index in [9.17, 15) is 14.4 Å². The van der Waals surface area contributed by atoms with Crippen molar-refractivity contribution in [3.63, 3.8) is 0 Å². The van der Waals surface area contributed by atoms with Gasteiger partial charge in [0.05, 0.1) is 11.0 Å². The van der Waals surface area contributed by atoms with Gasteiger partial charge in [0.1, 0.15) is 6.04 Å². The molecule has 0 aliphatic carbocycles. The number of nitrogens with one attached hydrogen (secondary N) is 2. The maximum absolute atomic E-state index is 13.1. The molecular formula is C31H46N6O3. The second-order valence-corrected chi connectivity index (χ2v) is 13.3. The lowest BCUT2D eigenvalue weighted by molar-refractivity contribution is -0.135. The van der Waals surface area contributed by atoms with Gasteiger partial charge in [0.15, 0.2) is 0 Å². The SMILES string of the molecule is Cn1c(=O)n(C2CCC(=O)NC2=O)c2ccc(N3CCC(CN4CCC(CC5(C)CCNCC5)CC4)CC3)cc21. The van der Waals surface area contributed by atoms with Crippen molar-refractivity contribution in [1.82, 2.24) is 24.7 Å². The van der Waals surface area contributed by atoms with Crippen LogP contribution in [0.2, 0.25) is 0 Å². The molecule has 4 aliphatic heterocycles. The molecule has 0 bridgehead atoms. The summed E-state index contributed by atoms with van der Waals surface area (Å²) < 4.78 is 3.19. The number of amides is 2. The number of aryl methyl sites for hydroxylation is 1. The number of piperidine rings is 4. The van der Waals surface area contributed by atoms with Crippen LogP contribution in [0.15, 0.2) is 23.0 Å². The summed E-state index contributed by atoms with van der Waals surface area (Å²) in [5.74, 6) is 0.984. The minimum atomic E-state index is -0.645. The van der Waals surface area contributed by atoms with Gasteiger partial charge in [-0.05, 0) is 113 Å². The molecule has 1 aromatic carbocycles. The molecule has 4 fully saturated rings. The van der Waals surface area contributed by atoms with Gasteiger partial charge < -0.3 is 15.1 Å². The van der Waals surface area contributed by atoms with Crippen molar-refractivity contribution in [2.24, 2.45) is 24.3 Å². The second kappa shape index (κ2) is 11.3. The van der Waals surface area contributed by atoms with Crippen molar-refractivity contribution in [3.8, 4) is 0 Å². The molecule has 0 saturated carbocycles.